The van der Waals surface area contributed by atoms with Crippen LogP contribution in [0, 0.1) is 6.92 Å². The Labute approximate surface area is 145 Å². The molecule has 0 bridgehead atoms. The molecule has 0 aromatic heterocycles. The maximum absolute atomic E-state index is 12.3. The van der Waals surface area contributed by atoms with Crippen LogP contribution in [0.3, 0.4) is 0 Å². The van der Waals surface area contributed by atoms with Gasteiger partial charge in [0.2, 0.25) is 11.8 Å². The van der Waals surface area contributed by atoms with E-state index in [0.717, 1.165) is 14.9 Å². The van der Waals surface area contributed by atoms with Crippen LogP contribution in [0.1, 0.15) is 26.3 Å². The molecule has 0 saturated heterocycles. The maximum atomic E-state index is 12.3. The summed E-state index contributed by atoms with van der Waals surface area (Å²) in [5.41, 5.74) is 1.13. The summed E-state index contributed by atoms with van der Waals surface area (Å²) in [6, 6.07) is 6.08. The number of amides is 2. The van der Waals surface area contributed by atoms with Crippen LogP contribution < -0.4 is 5.32 Å². The van der Waals surface area contributed by atoms with Gasteiger partial charge in [-0.2, -0.15) is 0 Å². The smallest absolute Gasteiger partial charge is 0.239 e. The lowest BCUT2D eigenvalue weighted by Gasteiger charge is -2.21. The SMILES string of the molecule is CCN(CC(=O)NC(C)C)C(=O)CSc1ccc(Br)cc1C. The van der Waals surface area contributed by atoms with Gasteiger partial charge in [-0.25, -0.2) is 0 Å². The van der Waals surface area contributed by atoms with Crippen LogP contribution in [-0.2, 0) is 9.59 Å². The Bertz CT molecular complexity index is 535. The number of likely N-dealkylation sites (N-methyl/N-ethyl adjacent to an activating group) is 1. The van der Waals surface area contributed by atoms with Crippen molar-refractivity contribution in [1.82, 2.24) is 10.2 Å². The van der Waals surface area contributed by atoms with Crippen molar-refractivity contribution in [2.24, 2.45) is 0 Å². The molecular weight excluding hydrogens is 364 g/mol. The van der Waals surface area contributed by atoms with Gasteiger partial charge in [0.1, 0.15) is 0 Å². The van der Waals surface area contributed by atoms with Gasteiger partial charge in [-0.05, 0) is 51.5 Å². The van der Waals surface area contributed by atoms with E-state index in [1.54, 1.807) is 4.90 Å². The quantitative estimate of drug-likeness (QED) is 0.731. The van der Waals surface area contributed by atoms with Gasteiger partial charge >= 0.3 is 0 Å². The number of halogens is 1. The topological polar surface area (TPSA) is 49.4 Å². The zero-order chi connectivity index (χ0) is 16.7. The van der Waals surface area contributed by atoms with E-state index < -0.39 is 0 Å². The average Bonchev–Trinajstić information content (AvgIpc) is 2.42. The standard InChI is InChI=1S/C16H23BrN2O2S/c1-5-19(9-15(20)18-11(2)3)16(21)10-22-14-7-6-13(17)8-12(14)4/h6-8,11H,5,9-10H2,1-4H3,(H,18,20). The second-order valence-electron chi connectivity index (χ2n) is 5.33. The van der Waals surface area contributed by atoms with Gasteiger partial charge in [-0.15, -0.1) is 11.8 Å². The Balaban J connectivity index is 2.56. The monoisotopic (exact) mass is 386 g/mol. The lowest BCUT2D eigenvalue weighted by molar-refractivity contribution is -0.134. The van der Waals surface area contributed by atoms with Crippen molar-refractivity contribution < 1.29 is 9.59 Å². The van der Waals surface area contributed by atoms with Crippen LogP contribution in [0.4, 0.5) is 0 Å². The minimum atomic E-state index is -0.116. The Morgan fingerprint density at radius 1 is 1.36 bits per heavy atom. The Hall–Kier alpha value is -1.01. The number of hydrogen-bond donors (Lipinski definition) is 1. The third-order valence-electron chi connectivity index (χ3n) is 3.01. The molecule has 1 rings (SSSR count). The highest BCUT2D eigenvalue weighted by Crippen LogP contribution is 2.25. The third kappa shape index (κ3) is 6.40. The first-order chi connectivity index (χ1) is 10.3. The molecule has 0 unspecified atom stereocenters. The van der Waals surface area contributed by atoms with Crippen molar-refractivity contribution in [2.45, 2.75) is 38.6 Å². The Kier molecular flexibility index (Phi) is 7.96. The minimum absolute atomic E-state index is 0.0197. The largest absolute Gasteiger partial charge is 0.352 e. The lowest BCUT2D eigenvalue weighted by Crippen LogP contribution is -2.43. The fourth-order valence-corrected chi connectivity index (χ4v) is 3.31. The molecule has 2 amide bonds. The highest BCUT2D eigenvalue weighted by Gasteiger charge is 2.16. The Morgan fingerprint density at radius 3 is 2.59 bits per heavy atom. The van der Waals surface area contributed by atoms with Crippen LogP contribution >= 0.6 is 27.7 Å². The zero-order valence-electron chi connectivity index (χ0n) is 13.5. The molecule has 22 heavy (non-hydrogen) atoms. The second kappa shape index (κ2) is 9.20. The normalized spacial score (nSPS) is 10.6. The highest BCUT2D eigenvalue weighted by molar-refractivity contribution is 9.10. The zero-order valence-corrected chi connectivity index (χ0v) is 15.9. The van der Waals surface area contributed by atoms with Gasteiger partial charge in [-0.3, -0.25) is 9.59 Å². The van der Waals surface area contributed by atoms with Crippen molar-refractivity contribution >= 4 is 39.5 Å². The molecule has 1 aromatic rings. The van der Waals surface area contributed by atoms with E-state index in [-0.39, 0.29) is 24.4 Å². The van der Waals surface area contributed by atoms with Gasteiger partial charge < -0.3 is 10.2 Å². The molecule has 1 aromatic carbocycles. The summed E-state index contributed by atoms with van der Waals surface area (Å²) in [6.45, 7) is 8.36. The van der Waals surface area contributed by atoms with E-state index in [9.17, 15) is 9.59 Å². The third-order valence-corrected chi connectivity index (χ3v) is 4.66. The van der Waals surface area contributed by atoms with Crippen LogP contribution in [0.2, 0.25) is 0 Å². The van der Waals surface area contributed by atoms with E-state index in [2.05, 4.69) is 21.2 Å². The Morgan fingerprint density at radius 2 is 2.05 bits per heavy atom. The number of rotatable bonds is 7. The number of nitrogens with zero attached hydrogens (tertiary/aromatic N) is 1. The van der Waals surface area contributed by atoms with Crippen LogP contribution in [0.25, 0.3) is 0 Å². The van der Waals surface area contributed by atoms with Gasteiger partial charge in [0.25, 0.3) is 0 Å². The van der Waals surface area contributed by atoms with Crippen molar-refractivity contribution in [1.29, 1.82) is 0 Å². The van der Waals surface area contributed by atoms with E-state index in [1.807, 2.05) is 45.9 Å². The van der Waals surface area contributed by atoms with Gasteiger partial charge in [0, 0.05) is 22.0 Å². The first-order valence-corrected chi connectivity index (χ1v) is 9.07. The van der Waals surface area contributed by atoms with Crippen molar-refractivity contribution in [2.75, 3.05) is 18.8 Å². The molecule has 0 radical (unpaired) electrons. The minimum Gasteiger partial charge on any atom is -0.352 e. The van der Waals surface area contributed by atoms with E-state index in [0.29, 0.717) is 12.3 Å². The number of hydrogen-bond acceptors (Lipinski definition) is 3. The van der Waals surface area contributed by atoms with E-state index in [4.69, 9.17) is 0 Å². The molecule has 0 spiro atoms. The average molecular weight is 387 g/mol. The number of carbonyl (C=O) groups is 2. The molecule has 0 heterocycles. The van der Waals surface area contributed by atoms with Gasteiger partial charge in [0.05, 0.1) is 12.3 Å². The second-order valence-corrected chi connectivity index (χ2v) is 7.26. The summed E-state index contributed by atoms with van der Waals surface area (Å²) in [6.07, 6.45) is 0. The predicted molar refractivity (Wildman–Crippen MR) is 95.1 cm³/mol. The lowest BCUT2D eigenvalue weighted by atomic mass is 10.2. The molecular formula is C16H23BrN2O2S. The molecule has 0 atom stereocenters. The van der Waals surface area contributed by atoms with Crippen molar-refractivity contribution in [3.05, 3.63) is 28.2 Å². The summed E-state index contributed by atoms with van der Waals surface area (Å²) in [7, 11) is 0. The molecule has 0 aliphatic carbocycles. The summed E-state index contributed by atoms with van der Waals surface area (Å²) >= 11 is 4.93. The summed E-state index contributed by atoms with van der Waals surface area (Å²) < 4.78 is 1.03. The molecule has 0 saturated carbocycles. The molecule has 0 fully saturated rings. The molecule has 6 heteroatoms. The molecule has 0 aliphatic heterocycles. The number of nitrogens with one attached hydrogen (secondary N) is 1. The fourth-order valence-electron chi connectivity index (χ4n) is 1.92. The van der Waals surface area contributed by atoms with Crippen molar-refractivity contribution in [3.8, 4) is 0 Å². The molecule has 1 N–H and O–H groups in total. The number of thioether (sulfide) groups is 1. The molecule has 122 valence electrons. The molecule has 4 nitrogen and oxygen atoms in total. The highest BCUT2D eigenvalue weighted by atomic mass is 79.9. The van der Waals surface area contributed by atoms with Crippen LogP contribution in [0.5, 0.6) is 0 Å². The van der Waals surface area contributed by atoms with Gasteiger partial charge in [-0.1, -0.05) is 15.9 Å². The summed E-state index contributed by atoms with van der Waals surface area (Å²) in [5, 5.41) is 2.81. The molecule has 0 aliphatic rings. The summed E-state index contributed by atoms with van der Waals surface area (Å²) in [4.78, 5) is 26.7. The van der Waals surface area contributed by atoms with Crippen molar-refractivity contribution in [3.63, 3.8) is 0 Å². The van der Waals surface area contributed by atoms with E-state index >= 15 is 0 Å². The first-order valence-electron chi connectivity index (χ1n) is 7.29. The maximum Gasteiger partial charge on any atom is 0.239 e. The fraction of sp³-hybridized carbons (Fsp3) is 0.500. The van der Waals surface area contributed by atoms with Crippen LogP contribution in [0.15, 0.2) is 27.6 Å². The summed E-state index contributed by atoms with van der Waals surface area (Å²) in [5.74, 6) is 0.203. The first kappa shape index (κ1) is 19.0. The number of aryl methyl sites for hydroxylation is 1. The van der Waals surface area contributed by atoms with Crippen LogP contribution in [-0.4, -0.2) is 41.6 Å². The van der Waals surface area contributed by atoms with E-state index in [1.165, 1.54) is 11.8 Å². The van der Waals surface area contributed by atoms with Gasteiger partial charge in [0.15, 0.2) is 0 Å². The predicted octanol–water partition coefficient (Wildman–Crippen LogP) is 3.22. The number of carbonyl (C=O) groups excluding carboxylic acids is 2. The number of benzene rings is 1.